The number of anilines is 1. The lowest BCUT2D eigenvalue weighted by Crippen LogP contribution is -2.26. The van der Waals surface area contributed by atoms with E-state index in [0.29, 0.717) is 23.9 Å². The Labute approximate surface area is 172 Å². The number of methoxy groups -OCH3 is 1. The average molecular weight is 411 g/mol. The molecule has 0 spiro atoms. The molecule has 0 saturated heterocycles. The molecule has 0 atom stereocenters. The van der Waals surface area contributed by atoms with Crippen LogP contribution in [0.25, 0.3) is 0 Å². The van der Waals surface area contributed by atoms with Crippen LogP contribution in [0.3, 0.4) is 0 Å². The van der Waals surface area contributed by atoms with Crippen LogP contribution in [0.15, 0.2) is 47.8 Å². The normalized spacial score (nSPS) is 11.9. The number of carbonyl (C=O) groups is 1. The summed E-state index contributed by atoms with van der Waals surface area (Å²) in [6.45, 7) is 1.39. The number of thiazole rings is 1. The number of nitrogens with zero attached hydrogens (tertiary/aromatic N) is 1. The molecule has 150 valence electrons. The van der Waals surface area contributed by atoms with Crippen LogP contribution in [0, 0.1) is 0 Å². The predicted molar refractivity (Wildman–Crippen MR) is 111 cm³/mol. The highest BCUT2D eigenvalue weighted by atomic mass is 32.1. The first kappa shape index (κ1) is 19.1. The second kappa shape index (κ2) is 8.83. The molecule has 1 aromatic heterocycles. The van der Waals surface area contributed by atoms with Crippen molar-refractivity contribution in [1.82, 2.24) is 10.3 Å². The number of rotatable bonds is 8. The van der Waals surface area contributed by atoms with Gasteiger partial charge < -0.3 is 24.8 Å². The highest BCUT2D eigenvalue weighted by Crippen LogP contribution is 2.32. The van der Waals surface area contributed by atoms with Gasteiger partial charge in [0.25, 0.3) is 5.91 Å². The molecule has 0 unspecified atom stereocenters. The number of hydrogen-bond donors (Lipinski definition) is 2. The zero-order valence-electron chi connectivity index (χ0n) is 15.9. The molecule has 2 N–H and O–H groups in total. The molecule has 3 aromatic rings. The Bertz CT molecular complexity index is 988. The number of amides is 1. The SMILES string of the molecule is COc1ccc(CCNC(=O)c2csc(NCc3ccc4c(c3)OCO4)n2)cc1. The van der Waals surface area contributed by atoms with E-state index in [1.54, 1.807) is 12.5 Å². The zero-order valence-corrected chi connectivity index (χ0v) is 16.8. The third-order valence-electron chi connectivity index (χ3n) is 4.48. The fourth-order valence-corrected chi connectivity index (χ4v) is 3.58. The third-order valence-corrected chi connectivity index (χ3v) is 5.28. The monoisotopic (exact) mass is 411 g/mol. The van der Waals surface area contributed by atoms with Gasteiger partial charge in [-0.25, -0.2) is 4.98 Å². The Morgan fingerprint density at radius 3 is 2.76 bits per heavy atom. The highest BCUT2D eigenvalue weighted by molar-refractivity contribution is 7.13. The summed E-state index contributed by atoms with van der Waals surface area (Å²) in [6, 6.07) is 13.6. The van der Waals surface area contributed by atoms with Crippen LogP contribution >= 0.6 is 11.3 Å². The average Bonchev–Trinajstić information content (AvgIpc) is 3.42. The summed E-state index contributed by atoms with van der Waals surface area (Å²) in [6.07, 6.45) is 0.745. The molecule has 0 fully saturated rings. The van der Waals surface area contributed by atoms with Crippen LogP contribution in [0.1, 0.15) is 21.6 Å². The topological polar surface area (TPSA) is 81.7 Å². The lowest BCUT2D eigenvalue weighted by Gasteiger charge is -2.05. The van der Waals surface area contributed by atoms with Crippen LogP contribution in [-0.4, -0.2) is 31.3 Å². The Balaban J connectivity index is 1.25. The van der Waals surface area contributed by atoms with Crippen LogP contribution in [-0.2, 0) is 13.0 Å². The highest BCUT2D eigenvalue weighted by Gasteiger charge is 2.14. The van der Waals surface area contributed by atoms with Gasteiger partial charge in [0, 0.05) is 18.5 Å². The molecular formula is C21H21N3O4S. The van der Waals surface area contributed by atoms with Crippen LogP contribution in [0.2, 0.25) is 0 Å². The number of carbonyl (C=O) groups excluding carboxylic acids is 1. The maximum absolute atomic E-state index is 12.3. The van der Waals surface area contributed by atoms with Gasteiger partial charge in [0.05, 0.1) is 7.11 Å². The van der Waals surface area contributed by atoms with Gasteiger partial charge in [-0.3, -0.25) is 4.79 Å². The minimum Gasteiger partial charge on any atom is -0.497 e. The summed E-state index contributed by atoms with van der Waals surface area (Å²) in [7, 11) is 1.64. The molecule has 0 radical (unpaired) electrons. The van der Waals surface area contributed by atoms with E-state index in [1.807, 2.05) is 42.5 Å². The molecule has 29 heavy (non-hydrogen) atoms. The van der Waals surface area contributed by atoms with Crippen LogP contribution < -0.4 is 24.8 Å². The molecule has 0 saturated carbocycles. The molecule has 1 aliphatic heterocycles. The van der Waals surface area contributed by atoms with Crippen molar-refractivity contribution in [2.75, 3.05) is 25.8 Å². The lowest BCUT2D eigenvalue weighted by molar-refractivity contribution is 0.0950. The molecule has 1 amide bonds. The Morgan fingerprint density at radius 1 is 1.14 bits per heavy atom. The third kappa shape index (κ3) is 4.78. The Kier molecular flexibility index (Phi) is 5.81. The van der Waals surface area contributed by atoms with Gasteiger partial charge in [-0.2, -0.15) is 0 Å². The summed E-state index contributed by atoms with van der Waals surface area (Å²) in [5, 5.41) is 8.60. The summed E-state index contributed by atoms with van der Waals surface area (Å²) in [5.74, 6) is 2.16. The second-order valence-corrected chi connectivity index (χ2v) is 7.29. The van der Waals surface area contributed by atoms with E-state index in [4.69, 9.17) is 14.2 Å². The minimum atomic E-state index is -0.175. The van der Waals surface area contributed by atoms with Gasteiger partial charge in [-0.05, 0) is 41.8 Å². The first-order chi connectivity index (χ1) is 14.2. The van der Waals surface area contributed by atoms with Gasteiger partial charge in [0.2, 0.25) is 6.79 Å². The molecule has 7 nitrogen and oxygen atoms in total. The lowest BCUT2D eigenvalue weighted by atomic mass is 10.1. The number of nitrogens with one attached hydrogen (secondary N) is 2. The van der Waals surface area contributed by atoms with E-state index in [-0.39, 0.29) is 12.7 Å². The molecule has 2 heterocycles. The molecule has 0 bridgehead atoms. The van der Waals surface area contributed by atoms with Crippen LogP contribution in [0.5, 0.6) is 17.2 Å². The molecule has 4 rings (SSSR count). The predicted octanol–water partition coefficient (Wildman–Crippen LogP) is 3.47. The van der Waals surface area contributed by atoms with Crippen molar-refractivity contribution in [3.8, 4) is 17.2 Å². The van der Waals surface area contributed by atoms with Gasteiger partial charge in [0.15, 0.2) is 16.6 Å². The maximum atomic E-state index is 12.3. The van der Waals surface area contributed by atoms with Crippen molar-refractivity contribution in [1.29, 1.82) is 0 Å². The number of fused-ring (bicyclic) bond motifs is 1. The van der Waals surface area contributed by atoms with Gasteiger partial charge >= 0.3 is 0 Å². The Morgan fingerprint density at radius 2 is 1.93 bits per heavy atom. The zero-order chi connectivity index (χ0) is 20.1. The first-order valence-corrected chi connectivity index (χ1v) is 10.1. The number of ether oxygens (including phenoxy) is 3. The minimum absolute atomic E-state index is 0.175. The largest absolute Gasteiger partial charge is 0.497 e. The van der Waals surface area contributed by atoms with Crippen molar-refractivity contribution in [2.24, 2.45) is 0 Å². The quantitative estimate of drug-likeness (QED) is 0.591. The van der Waals surface area contributed by atoms with E-state index in [0.717, 1.165) is 34.8 Å². The fraction of sp³-hybridized carbons (Fsp3) is 0.238. The van der Waals surface area contributed by atoms with Gasteiger partial charge in [-0.1, -0.05) is 18.2 Å². The summed E-state index contributed by atoms with van der Waals surface area (Å²) in [5.41, 5.74) is 2.60. The maximum Gasteiger partial charge on any atom is 0.270 e. The van der Waals surface area contributed by atoms with E-state index in [1.165, 1.54) is 11.3 Å². The molecule has 8 heteroatoms. The Hall–Kier alpha value is -3.26. The van der Waals surface area contributed by atoms with Crippen molar-refractivity contribution in [3.63, 3.8) is 0 Å². The van der Waals surface area contributed by atoms with E-state index in [9.17, 15) is 4.79 Å². The fourth-order valence-electron chi connectivity index (χ4n) is 2.89. The van der Waals surface area contributed by atoms with E-state index >= 15 is 0 Å². The van der Waals surface area contributed by atoms with Gasteiger partial charge in [0.1, 0.15) is 11.4 Å². The van der Waals surface area contributed by atoms with E-state index < -0.39 is 0 Å². The van der Waals surface area contributed by atoms with Crippen molar-refractivity contribution in [3.05, 3.63) is 64.7 Å². The van der Waals surface area contributed by atoms with Crippen molar-refractivity contribution < 1.29 is 19.0 Å². The smallest absolute Gasteiger partial charge is 0.270 e. The molecule has 1 aliphatic rings. The van der Waals surface area contributed by atoms with E-state index in [2.05, 4.69) is 15.6 Å². The van der Waals surface area contributed by atoms with Crippen LogP contribution in [0.4, 0.5) is 5.13 Å². The van der Waals surface area contributed by atoms with Gasteiger partial charge in [-0.15, -0.1) is 11.3 Å². The first-order valence-electron chi connectivity index (χ1n) is 9.20. The number of aromatic nitrogens is 1. The standard InChI is InChI=1S/C21H21N3O4S/c1-26-16-5-2-14(3-6-16)8-9-22-20(25)17-12-29-21(24-17)23-11-15-4-7-18-19(10-15)28-13-27-18/h2-7,10,12H,8-9,11,13H2,1H3,(H,22,25)(H,23,24). The summed E-state index contributed by atoms with van der Waals surface area (Å²) in [4.78, 5) is 16.7. The summed E-state index contributed by atoms with van der Waals surface area (Å²) >= 11 is 1.40. The molecular weight excluding hydrogens is 390 g/mol. The number of benzene rings is 2. The molecule has 2 aromatic carbocycles. The number of hydrogen-bond acceptors (Lipinski definition) is 7. The second-order valence-electron chi connectivity index (χ2n) is 6.43. The summed E-state index contributed by atoms with van der Waals surface area (Å²) < 4.78 is 15.8. The van der Waals surface area contributed by atoms with Crippen molar-refractivity contribution in [2.45, 2.75) is 13.0 Å². The van der Waals surface area contributed by atoms with Crippen molar-refractivity contribution >= 4 is 22.4 Å². The molecule has 0 aliphatic carbocycles.